The molecule has 0 saturated carbocycles. The summed E-state index contributed by atoms with van der Waals surface area (Å²) in [5.74, 6) is -0.332. The van der Waals surface area contributed by atoms with Crippen LogP contribution in [0.15, 0.2) is 66.7 Å². The van der Waals surface area contributed by atoms with Crippen LogP contribution in [-0.2, 0) is 16.0 Å². The Morgan fingerprint density at radius 2 is 1.71 bits per heavy atom. The van der Waals surface area contributed by atoms with Gasteiger partial charge in [-0.05, 0) is 53.4 Å². The molecule has 0 unspecified atom stereocenters. The molecule has 4 rings (SSSR count). The zero-order valence-corrected chi connectivity index (χ0v) is 17.2. The Balaban J connectivity index is 1.56. The lowest BCUT2D eigenvalue weighted by atomic mass is 9.97. The Hall–Kier alpha value is -3.93. The highest BCUT2D eigenvalue weighted by molar-refractivity contribution is 6.09. The molecule has 1 heterocycles. The van der Waals surface area contributed by atoms with Gasteiger partial charge in [-0.1, -0.05) is 43.3 Å². The third-order valence-corrected chi connectivity index (χ3v) is 5.10. The third kappa shape index (κ3) is 4.64. The predicted octanol–water partition coefficient (Wildman–Crippen LogP) is 4.84. The van der Waals surface area contributed by atoms with Crippen LogP contribution in [0.2, 0.25) is 0 Å². The van der Waals surface area contributed by atoms with E-state index in [0.29, 0.717) is 29.8 Å². The van der Waals surface area contributed by atoms with E-state index in [0.717, 1.165) is 28.8 Å². The van der Waals surface area contributed by atoms with E-state index in [1.54, 1.807) is 30.3 Å². The fourth-order valence-corrected chi connectivity index (χ4v) is 3.64. The summed E-state index contributed by atoms with van der Waals surface area (Å²) in [5.41, 5.74) is 5.12. The topological polar surface area (TPSA) is 87.3 Å². The SMILES string of the molecule is CCCC(=O)Nc1cccc(NC(=O)c2ccccc2-c2ccc3c(c2)NC(=O)C3)c1. The van der Waals surface area contributed by atoms with E-state index in [-0.39, 0.29) is 17.7 Å². The molecule has 3 aromatic carbocycles. The molecule has 3 N–H and O–H groups in total. The van der Waals surface area contributed by atoms with Crippen molar-refractivity contribution in [3.63, 3.8) is 0 Å². The van der Waals surface area contributed by atoms with Gasteiger partial charge in [-0.25, -0.2) is 0 Å². The van der Waals surface area contributed by atoms with Gasteiger partial charge >= 0.3 is 0 Å². The Labute approximate surface area is 180 Å². The number of benzene rings is 3. The van der Waals surface area contributed by atoms with Gasteiger partial charge in [-0.15, -0.1) is 0 Å². The summed E-state index contributed by atoms with van der Waals surface area (Å²) >= 11 is 0. The van der Waals surface area contributed by atoms with Gasteiger partial charge in [0.25, 0.3) is 5.91 Å². The number of hydrogen-bond donors (Lipinski definition) is 3. The zero-order valence-electron chi connectivity index (χ0n) is 17.2. The van der Waals surface area contributed by atoms with Gasteiger partial charge in [0.15, 0.2) is 0 Å². The average molecular weight is 413 g/mol. The molecule has 0 aliphatic carbocycles. The van der Waals surface area contributed by atoms with Crippen molar-refractivity contribution in [3.05, 3.63) is 77.9 Å². The van der Waals surface area contributed by atoms with E-state index >= 15 is 0 Å². The second kappa shape index (κ2) is 8.83. The van der Waals surface area contributed by atoms with Crippen molar-refractivity contribution in [3.8, 4) is 11.1 Å². The number of amides is 3. The summed E-state index contributed by atoms with van der Waals surface area (Å²) < 4.78 is 0. The average Bonchev–Trinajstić information content (AvgIpc) is 3.13. The van der Waals surface area contributed by atoms with Crippen LogP contribution in [0, 0.1) is 0 Å². The minimum Gasteiger partial charge on any atom is -0.326 e. The van der Waals surface area contributed by atoms with E-state index in [9.17, 15) is 14.4 Å². The Kier molecular flexibility index (Phi) is 5.80. The highest BCUT2D eigenvalue weighted by atomic mass is 16.2. The number of carbonyl (C=O) groups excluding carboxylic acids is 3. The molecule has 0 bridgehead atoms. The van der Waals surface area contributed by atoms with E-state index in [1.165, 1.54) is 0 Å². The second-order valence-electron chi connectivity index (χ2n) is 7.48. The van der Waals surface area contributed by atoms with E-state index in [4.69, 9.17) is 0 Å². The van der Waals surface area contributed by atoms with Crippen molar-refractivity contribution < 1.29 is 14.4 Å². The number of hydrogen-bond acceptors (Lipinski definition) is 3. The van der Waals surface area contributed by atoms with Crippen LogP contribution in [0.5, 0.6) is 0 Å². The maximum atomic E-state index is 13.1. The van der Waals surface area contributed by atoms with Crippen LogP contribution in [0.3, 0.4) is 0 Å². The molecule has 6 heteroatoms. The molecule has 3 aromatic rings. The quantitative estimate of drug-likeness (QED) is 0.540. The number of anilines is 3. The molecule has 1 aliphatic heterocycles. The molecule has 0 fully saturated rings. The summed E-state index contributed by atoms with van der Waals surface area (Å²) in [4.78, 5) is 36.6. The van der Waals surface area contributed by atoms with Crippen LogP contribution >= 0.6 is 0 Å². The lowest BCUT2D eigenvalue weighted by molar-refractivity contribution is -0.116. The maximum absolute atomic E-state index is 13.1. The molecule has 31 heavy (non-hydrogen) atoms. The number of nitrogens with one attached hydrogen (secondary N) is 3. The second-order valence-corrected chi connectivity index (χ2v) is 7.48. The van der Waals surface area contributed by atoms with Gasteiger partial charge in [-0.2, -0.15) is 0 Å². The minimum atomic E-state index is -0.253. The summed E-state index contributed by atoms with van der Waals surface area (Å²) in [6.07, 6.45) is 1.60. The van der Waals surface area contributed by atoms with Crippen LogP contribution < -0.4 is 16.0 Å². The van der Waals surface area contributed by atoms with Crippen LogP contribution in [0.1, 0.15) is 35.7 Å². The fourth-order valence-electron chi connectivity index (χ4n) is 3.64. The normalized spacial score (nSPS) is 12.1. The smallest absolute Gasteiger partial charge is 0.256 e. The zero-order chi connectivity index (χ0) is 21.8. The van der Waals surface area contributed by atoms with Crippen molar-refractivity contribution >= 4 is 34.8 Å². The lowest BCUT2D eigenvalue weighted by Crippen LogP contribution is -2.14. The Bertz CT molecular complexity index is 1170. The highest BCUT2D eigenvalue weighted by Gasteiger charge is 2.19. The highest BCUT2D eigenvalue weighted by Crippen LogP contribution is 2.31. The molecule has 1 aliphatic rings. The van der Waals surface area contributed by atoms with Crippen molar-refractivity contribution in [1.29, 1.82) is 0 Å². The summed E-state index contributed by atoms with van der Waals surface area (Å²) in [6.45, 7) is 1.95. The predicted molar refractivity (Wildman–Crippen MR) is 122 cm³/mol. The van der Waals surface area contributed by atoms with Crippen molar-refractivity contribution in [2.75, 3.05) is 16.0 Å². The van der Waals surface area contributed by atoms with Gasteiger partial charge in [0.05, 0.1) is 6.42 Å². The van der Waals surface area contributed by atoms with Gasteiger partial charge in [-0.3, -0.25) is 14.4 Å². The maximum Gasteiger partial charge on any atom is 0.256 e. The third-order valence-electron chi connectivity index (χ3n) is 5.10. The summed E-state index contributed by atoms with van der Waals surface area (Å²) in [7, 11) is 0. The van der Waals surface area contributed by atoms with Gasteiger partial charge in [0.2, 0.25) is 11.8 Å². The first-order valence-corrected chi connectivity index (χ1v) is 10.3. The van der Waals surface area contributed by atoms with Crippen LogP contribution in [0.25, 0.3) is 11.1 Å². The van der Waals surface area contributed by atoms with Crippen molar-refractivity contribution in [2.45, 2.75) is 26.2 Å². The van der Waals surface area contributed by atoms with Gasteiger partial charge < -0.3 is 16.0 Å². The molecule has 3 amide bonds. The van der Waals surface area contributed by atoms with E-state index in [2.05, 4.69) is 16.0 Å². The lowest BCUT2D eigenvalue weighted by Gasteiger charge is -2.12. The Morgan fingerprint density at radius 3 is 2.52 bits per heavy atom. The molecular formula is C25H23N3O3. The molecule has 6 nitrogen and oxygen atoms in total. The molecular weight excluding hydrogens is 390 g/mol. The summed E-state index contributed by atoms with van der Waals surface area (Å²) in [6, 6.07) is 20.2. The number of carbonyl (C=O) groups is 3. The van der Waals surface area contributed by atoms with Gasteiger partial charge in [0, 0.05) is 29.0 Å². The molecule has 156 valence electrons. The van der Waals surface area contributed by atoms with Gasteiger partial charge in [0.1, 0.15) is 0 Å². The van der Waals surface area contributed by atoms with Crippen LogP contribution in [-0.4, -0.2) is 17.7 Å². The molecule has 0 saturated heterocycles. The molecule has 0 atom stereocenters. The Morgan fingerprint density at radius 1 is 0.935 bits per heavy atom. The first-order chi connectivity index (χ1) is 15.0. The monoisotopic (exact) mass is 413 g/mol. The van der Waals surface area contributed by atoms with Crippen molar-refractivity contribution in [2.24, 2.45) is 0 Å². The number of rotatable bonds is 6. The minimum absolute atomic E-state index is 0.0240. The standard InChI is InChI=1S/C25H23N3O3/c1-2-6-23(29)26-18-7-5-8-19(15-18)27-25(31)21-10-4-3-9-20(21)16-11-12-17-14-24(30)28-22(17)13-16/h3-5,7-13,15H,2,6,14H2,1H3,(H,26,29)(H,27,31)(H,28,30). The first kappa shape index (κ1) is 20.3. The summed E-state index contributed by atoms with van der Waals surface area (Å²) in [5, 5.41) is 8.60. The first-order valence-electron chi connectivity index (χ1n) is 10.3. The number of fused-ring (bicyclic) bond motifs is 1. The molecule has 0 spiro atoms. The largest absolute Gasteiger partial charge is 0.326 e. The van der Waals surface area contributed by atoms with E-state index < -0.39 is 0 Å². The fraction of sp³-hybridized carbons (Fsp3) is 0.160. The molecule has 0 radical (unpaired) electrons. The van der Waals surface area contributed by atoms with Crippen molar-refractivity contribution in [1.82, 2.24) is 0 Å². The molecule has 0 aromatic heterocycles. The van der Waals surface area contributed by atoms with E-state index in [1.807, 2.05) is 43.3 Å². The van der Waals surface area contributed by atoms with Crippen LogP contribution in [0.4, 0.5) is 17.1 Å².